The van der Waals surface area contributed by atoms with E-state index in [0.717, 1.165) is 62.0 Å². The summed E-state index contributed by atoms with van der Waals surface area (Å²) in [7, 11) is 1.42. The first-order valence-electron chi connectivity index (χ1n) is 23.7. The van der Waals surface area contributed by atoms with Gasteiger partial charge < -0.3 is 28.8 Å². The van der Waals surface area contributed by atoms with E-state index in [9.17, 15) is 34.2 Å². The molecule has 0 aromatic carbocycles. The van der Waals surface area contributed by atoms with Crippen LogP contribution in [-0.4, -0.2) is 70.2 Å². The van der Waals surface area contributed by atoms with Gasteiger partial charge in [0.2, 0.25) is 0 Å². The lowest BCUT2D eigenvalue weighted by Gasteiger charge is -2.62. The smallest absolute Gasteiger partial charge is 0.309 e. The maximum Gasteiger partial charge on any atom is 0.309 e. The third kappa shape index (κ3) is 5.76. The standard InChI is InChI=1S/C27H34O5.C24H32O6/c1-15-4-5-21(31-15)18-13-16-12-17(28)6-9-25(16,2)24-20(29)14-26(3)19(23(18)24)7-10-27(26)11-8-22(30)32-27;1-22-7-4-14(25)10-13(22)11-15(21(28)29-3)19-16-5-8-24(9-6-18(27)30-24)23(16,2)12-17(26)20(19)22/h4-5,12,18-20,23-24,29H,6-11,13-14H2,1-3H3;10,15-17,19-20,26H,4-9,11-12H2,1-3H3/t18-,19-,20+,23-,24?,25-,26-,27?;15-,16+,17-,19+,20?,22+,23+,24?/m01/s1. The number of carbonyl (C=O) groups excluding carboxylic acids is 5. The molecule has 0 radical (unpaired) electrons. The number of ketones is 2. The Hall–Kier alpha value is -3.57. The number of ether oxygens (including phenoxy) is 3. The predicted octanol–water partition coefficient (Wildman–Crippen LogP) is 7.82. The maximum atomic E-state index is 12.9. The van der Waals surface area contributed by atoms with Crippen LogP contribution in [0.25, 0.3) is 0 Å². The highest BCUT2D eigenvalue weighted by molar-refractivity contribution is 5.92. The van der Waals surface area contributed by atoms with Crippen LogP contribution >= 0.6 is 0 Å². The van der Waals surface area contributed by atoms with Gasteiger partial charge >= 0.3 is 17.9 Å². The minimum Gasteiger partial charge on any atom is -0.469 e. The molecule has 4 unspecified atom stereocenters. The van der Waals surface area contributed by atoms with Gasteiger partial charge in [-0.05, 0) is 155 Å². The molecule has 6 saturated carbocycles. The van der Waals surface area contributed by atoms with Crippen molar-refractivity contribution in [3.63, 3.8) is 0 Å². The van der Waals surface area contributed by atoms with Crippen molar-refractivity contribution in [1.29, 1.82) is 0 Å². The van der Waals surface area contributed by atoms with Gasteiger partial charge in [-0.2, -0.15) is 0 Å². The summed E-state index contributed by atoms with van der Waals surface area (Å²) in [5, 5.41) is 23.3. The first-order valence-corrected chi connectivity index (χ1v) is 23.7. The van der Waals surface area contributed by atoms with Crippen molar-refractivity contribution in [2.45, 2.75) is 167 Å². The summed E-state index contributed by atoms with van der Waals surface area (Å²) in [5.74, 6) is 2.15. The molecule has 1 aromatic heterocycles. The van der Waals surface area contributed by atoms with Crippen LogP contribution in [0.3, 0.4) is 0 Å². The number of rotatable bonds is 2. The average molecular weight is 855 g/mol. The number of esters is 3. The zero-order valence-electron chi connectivity index (χ0n) is 37.5. The number of methoxy groups -OCH3 is 1. The second-order valence-electron chi connectivity index (χ2n) is 22.5. The van der Waals surface area contributed by atoms with Gasteiger partial charge in [0.15, 0.2) is 11.6 Å². The molecule has 2 saturated heterocycles. The summed E-state index contributed by atoms with van der Waals surface area (Å²) in [4.78, 5) is 61.8. The number of carbonyl (C=O) groups is 5. The molecule has 2 spiro atoms. The molecule has 3 heterocycles. The molecular weight excluding hydrogens is 789 g/mol. The van der Waals surface area contributed by atoms with Crippen LogP contribution < -0.4 is 0 Å². The lowest BCUT2D eigenvalue weighted by molar-refractivity contribution is -0.197. The van der Waals surface area contributed by atoms with Crippen LogP contribution in [0.2, 0.25) is 0 Å². The maximum absolute atomic E-state index is 12.9. The molecule has 1 aromatic rings. The molecule has 0 bridgehead atoms. The normalized spacial score (nSPS) is 48.6. The fourth-order valence-corrected chi connectivity index (χ4v) is 17.2. The second-order valence-corrected chi connectivity index (χ2v) is 22.5. The van der Waals surface area contributed by atoms with Crippen molar-refractivity contribution in [3.05, 3.63) is 47.0 Å². The van der Waals surface area contributed by atoms with Crippen molar-refractivity contribution in [1.82, 2.24) is 0 Å². The molecular formula is C51H66O11. The van der Waals surface area contributed by atoms with E-state index in [1.807, 2.05) is 19.1 Å². The Balaban J connectivity index is 0.000000148. The lowest BCUT2D eigenvalue weighted by Crippen LogP contribution is -2.62. The van der Waals surface area contributed by atoms with Crippen LogP contribution in [0, 0.1) is 70.0 Å². The molecule has 2 N–H and O–H groups in total. The largest absolute Gasteiger partial charge is 0.469 e. The third-order valence-electron chi connectivity index (χ3n) is 20.2. The van der Waals surface area contributed by atoms with Crippen LogP contribution in [0.5, 0.6) is 0 Å². The Morgan fingerprint density at radius 3 is 1.65 bits per heavy atom. The minimum absolute atomic E-state index is 0.0415. The van der Waals surface area contributed by atoms with Gasteiger partial charge in [0, 0.05) is 42.4 Å². The molecule has 16 atom stereocenters. The number of hydrogen-bond acceptors (Lipinski definition) is 11. The number of hydrogen-bond donors (Lipinski definition) is 2. The average Bonchev–Trinajstić information content (AvgIpc) is 4.04. The van der Waals surface area contributed by atoms with Crippen molar-refractivity contribution in [2.24, 2.45) is 63.1 Å². The summed E-state index contributed by atoms with van der Waals surface area (Å²) in [5.41, 5.74) is 0.182. The Labute approximate surface area is 365 Å². The number of aliphatic hydroxyl groups is 2. The van der Waals surface area contributed by atoms with E-state index in [0.29, 0.717) is 63.7 Å². The Morgan fingerprint density at radius 2 is 1.18 bits per heavy atom. The van der Waals surface area contributed by atoms with Crippen LogP contribution in [0.1, 0.15) is 148 Å². The monoisotopic (exact) mass is 854 g/mol. The van der Waals surface area contributed by atoms with E-state index in [4.69, 9.17) is 18.6 Å². The summed E-state index contributed by atoms with van der Waals surface area (Å²) >= 11 is 0. The molecule has 336 valence electrons. The van der Waals surface area contributed by atoms with Gasteiger partial charge in [0.25, 0.3) is 0 Å². The SMILES string of the molecule is COC(=O)[C@@H]1CC2=CC(=O)CC[C@]2(C)C2[C@@H]1[C@@H]1CCC3(CCC(=O)O3)[C@@]1(C)C[C@H]2O.Cc1ccc([C@@H]2CC3=CC(=O)CC[C@]3(C)C3[C@@H]2[C@@H]2CCC4(CCC(=O)O4)[C@@]2(C)C[C@H]3O)o1. The summed E-state index contributed by atoms with van der Waals surface area (Å²) in [6, 6.07) is 4.11. The van der Waals surface area contributed by atoms with E-state index < -0.39 is 23.4 Å². The van der Waals surface area contributed by atoms with Crippen LogP contribution in [-0.2, 0) is 38.2 Å². The zero-order chi connectivity index (χ0) is 43.9. The van der Waals surface area contributed by atoms with Crippen molar-refractivity contribution >= 4 is 29.5 Å². The van der Waals surface area contributed by atoms with Crippen molar-refractivity contribution in [2.75, 3.05) is 7.11 Å². The predicted molar refractivity (Wildman–Crippen MR) is 225 cm³/mol. The highest BCUT2D eigenvalue weighted by atomic mass is 16.6. The molecule has 8 aliphatic carbocycles. The van der Waals surface area contributed by atoms with E-state index in [1.54, 1.807) is 6.08 Å². The van der Waals surface area contributed by atoms with Crippen molar-refractivity contribution < 1.29 is 52.8 Å². The Bertz CT molecular complexity index is 2170. The number of fused-ring (bicyclic) bond motifs is 12. The Kier molecular flexibility index (Phi) is 9.72. The second kappa shape index (κ2) is 14.2. The van der Waals surface area contributed by atoms with E-state index in [-0.39, 0.29) is 92.6 Å². The highest BCUT2D eigenvalue weighted by Gasteiger charge is 2.73. The molecule has 11 heteroatoms. The fourth-order valence-electron chi connectivity index (χ4n) is 17.2. The summed E-state index contributed by atoms with van der Waals surface area (Å²) in [6.45, 7) is 10.8. The molecule has 10 aliphatic rings. The zero-order valence-corrected chi connectivity index (χ0v) is 37.5. The van der Waals surface area contributed by atoms with Gasteiger partial charge in [-0.15, -0.1) is 0 Å². The summed E-state index contributed by atoms with van der Waals surface area (Å²) in [6.07, 6.45) is 13.6. The molecule has 8 fully saturated rings. The van der Waals surface area contributed by atoms with Crippen LogP contribution in [0.15, 0.2) is 39.8 Å². The molecule has 11 rings (SSSR count). The van der Waals surface area contributed by atoms with E-state index >= 15 is 0 Å². The molecule has 11 nitrogen and oxygen atoms in total. The first kappa shape index (κ1) is 42.4. The van der Waals surface area contributed by atoms with Gasteiger partial charge in [-0.1, -0.05) is 38.8 Å². The number of aryl methyl sites for hydroxylation is 1. The van der Waals surface area contributed by atoms with Gasteiger partial charge in [-0.25, -0.2) is 0 Å². The minimum atomic E-state index is -0.611. The summed E-state index contributed by atoms with van der Waals surface area (Å²) < 4.78 is 23.4. The molecule has 62 heavy (non-hydrogen) atoms. The van der Waals surface area contributed by atoms with Gasteiger partial charge in [-0.3, -0.25) is 24.0 Å². The van der Waals surface area contributed by atoms with E-state index in [1.165, 1.54) is 12.7 Å². The van der Waals surface area contributed by atoms with Gasteiger partial charge in [0.05, 0.1) is 25.2 Å². The topological polar surface area (TPSA) is 167 Å². The third-order valence-corrected chi connectivity index (χ3v) is 20.2. The molecule has 0 amide bonds. The van der Waals surface area contributed by atoms with Crippen molar-refractivity contribution in [3.8, 4) is 0 Å². The quantitative estimate of drug-likeness (QED) is 0.220. The Morgan fingerprint density at radius 1 is 0.677 bits per heavy atom. The highest BCUT2D eigenvalue weighted by Crippen LogP contribution is 2.73. The number of aliphatic hydroxyl groups excluding tert-OH is 2. The van der Waals surface area contributed by atoms with E-state index in [2.05, 4.69) is 33.8 Å². The number of furan rings is 1. The lowest BCUT2D eigenvalue weighted by atomic mass is 9.43. The first-order chi connectivity index (χ1) is 29.3. The number of allylic oxidation sites excluding steroid dienone is 2. The van der Waals surface area contributed by atoms with Crippen LogP contribution in [0.4, 0.5) is 0 Å². The molecule has 2 aliphatic heterocycles. The fraction of sp³-hybridized carbons (Fsp3) is 0.745. The van der Waals surface area contributed by atoms with Gasteiger partial charge in [0.1, 0.15) is 22.7 Å².